The fourth-order valence-electron chi connectivity index (χ4n) is 6.76. The third-order valence-corrected chi connectivity index (χ3v) is 8.24. The van der Waals surface area contributed by atoms with Crippen LogP contribution in [0.2, 0.25) is 0 Å². The monoisotopic (exact) mass is 447 g/mol. The minimum absolute atomic E-state index is 0.384. The zero-order valence-electron chi connectivity index (χ0n) is 19.5. The molecule has 1 heteroatoms. The fourth-order valence-corrected chi connectivity index (χ4v) is 6.76. The zero-order chi connectivity index (χ0) is 22.9. The van der Waals surface area contributed by atoms with Crippen molar-refractivity contribution in [1.82, 2.24) is 4.98 Å². The highest BCUT2D eigenvalue weighted by atomic mass is 14.7. The number of para-hydroxylation sites is 1. The average Bonchev–Trinajstić information content (AvgIpc) is 3.32. The average molecular weight is 448 g/mol. The maximum absolute atomic E-state index is 3.82. The molecule has 8 rings (SSSR count). The maximum atomic E-state index is 3.82. The van der Waals surface area contributed by atoms with Crippen LogP contribution in [0.15, 0.2) is 109 Å². The van der Waals surface area contributed by atoms with Crippen molar-refractivity contribution in [1.29, 1.82) is 0 Å². The maximum Gasteiger partial charge on any atom is 0.0548 e. The summed E-state index contributed by atoms with van der Waals surface area (Å²) in [7, 11) is 0. The largest absolute Gasteiger partial charge is 0.354 e. The quantitative estimate of drug-likeness (QED) is 0.258. The molecule has 0 amide bonds. The molecular weight excluding hydrogens is 422 g/mol. The van der Waals surface area contributed by atoms with E-state index < -0.39 is 0 Å². The van der Waals surface area contributed by atoms with Crippen molar-refractivity contribution in [3.05, 3.63) is 120 Å². The lowest BCUT2D eigenvalue weighted by atomic mass is 9.70. The molecule has 0 bridgehead atoms. The minimum Gasteiger partial charge on any atom is -0.354 e. The first-order valence-electron chi connectivity index (χ1n) is 12.7. The number of nitrogens with one attached hydrogen (secondary N) is 1. The summed E-state index contributed by atoms with van der Waals surface area (Å²) in [5.74, 6) is 0.384. The van der Waals surface area contributed by atoms with Gasteiger partial charge >= 0.3 is 0 Å². The lowest BCUT2D eigenvalue weighted by Crippen LogP contribution is -2.15. The summed E-state index contributed by atoms with van der Waals surface area (Å²) in [5, 5.41) is 8.11. The first-order valence-corrected chi connectivity index (χ1v) is 12.7. The second-order valence-electron chi connectivity index (χ2n) is 10.0. The molecule has 6 aromatic rings. The van der Waals surface area contributed by atoms with Crippen LogP contribution in [0.5, 0.6) is 0 Å². The Morgan fingerprint density at radius 2 is 1.46 bits per heavy atom. The first-order chi connectivity index (χ1) is 17.4. The number of aromatic amines is 1. The molecule has 2 aliphatic carbocycles. The minimum atomic E-state index is 0.384. The first kappa shape index (κ1) is 19.2. The summed E-state index contributed by atoms with van der Waals surface area (Å²) in [5.41, 5.74) is 9.93. The van der Waals surface area contributed by atoms with Crippen molar-refractivity contribution in [2.75, 3.05) is 0 Å². The summed E-state index contributed by atoms with van der Waals surface area (Å²) in [6.07, 6.45) is 10.3. The fraction of sp³-hybridized carbons (Fsp3) is 0.118. The summed E-state index contributed by atoms with van der Waals surface area (Å²) < 4.78 is 0. The van der Waals surface area contributed by atoms with Crippen molar-refractivity contribution >= 4 is 43.4 Å². The summed E-state index contributed by atoms with van der Waals surface area (Å²) in [4.78, 5) is 3.82. The Morgan fingerprint density at radius 3 is 2.31 bits per heavy atom. The zero-order valence-corrected chi connectivity index (χ0v) is 19.5. The Bertz CT molecular complexity index is 1880. The number of aromatic nitrogens is 1. The van der Waals surface area contributed by atoms with Crippen molar-refractivity contribution in [3.63, 3.8) is 0 Å². The molecule has 5 aromatic carbocycles. The van der Waals surface area contributed by atoms with Crippen LogP contribution in [-0.4, -0.2) is 4.98 Å². The number of H-pyrrole nitrogens is 1. The Labute approximate surface area is 204 Å². The highest BCUT2D eigenvalue weighted by Gasteiger charge is 2.33. The SMILES string of the molecule is C1=CCCC(C2Cc3ccc4ccccc4c3-c3c2c2c4ccccc4[nH]c2c2ccccc32)=C1. The van der Waals surface area contributed by atoms with Gasteiger partial charge in [-0.25, -0.2) is 0 Å². The van der Waals surface area contributed by atoms with Crippen LogP contribution in [0, 0.1) is 0 Å². The molecule has 0 saturated heterocycles. The van der Waals surface area contributed by atoms with Gasteiger partial charge in [0.15, 0.2) is 0 Å². The van der Waals surface area contributed by atoms with Gasteiger partial charge in [0.2, 0.25) is 0 Å². The molecule has 1 nitrogen and oxygen atoms in total. The molecule has 0 aliphatic heterocycles. The number of benzene rings is 5. The van der Waals surface area contributed by atoms with Crippen molar-refractivity contribution < 1.29 is 0 Å². The predicted octanol–water partition coefficient (Wildman–Crippen LogP) is 9.21. The molecule has 0 saturated carbocycles. The van der Waals surface area contributed by atoms with E-state index in [4.69, 9.17) is 0 Å². The molecule has 1 heterocycles. The molecule has 35 heavy (non-hydrogen) atoms. The van der Waals surface area contributed by atoms with E-state index in [0.717, 1.165) is 19.3 Å². The Kier molecular flexibility index (Phi) is 3.96. The third-order valence-electron chi connectivity index (χ3n) is 8.24. The van der Waals surface area contributed by atoms with E-state index in [2.05, 4.69) is 108 Å². The number of fused-ring (bicyclic) bond motifs is 12. The van der Waals surface area contributed by atoms with Crippen molar-refractivity contribution in [2.24, 2.45) is 0 Å². The van der Waals surface area contributed by atoms with Gasteiger partial charge in [0.05, 0.1) is 5.52 Å². The Hall–Kier alpha value is -4.10. The molecule has 1 aromatic heterocycles. The van der Waals surface area contributed by atoms with Gasteiger partial charge < -0.3 is 4.98 Å². The van der Waals surface area contributed by atoms with E-state index in [-0.39, 0.29) is 0 Å². The van der Waals surface area contributed by atoms with Gasteiger partial charge in [0.25, 0.3) is 0 Å². The number of allylic oxidation sites excluding steroid dienone is 4. The van der Waals surface area contributed by atoms with Crippen molar-refractivity contribution in [2.45, 2.75) is 25.2 Å². The van der Waals surface area contributed by atoms with Crippen LogP contribution in [0.25, 0.3) is 54.5 Å². The summed E-state index contributed by atoms with van der Waals surface area (Å²) >= 11 is 0. The molecule has 1 N–H and O–H groups in total. The van der Waals surface area contributed by atoms with E-state index in [1.807, 2.05) is 0 Å². The van der Waals surface area contributed by atoms with E-state index in [1.165, 1.54) is 65.6 Å². The standard InChI is InChI=1S/C34H25N/c1-2-10-21(11-3-1)28-20-23-19-18-22-12-4-5-13-24(22)30(23)31-25-14-6-7-15-26(25)34-33(32(28)31)27-16-8-9-17-29(27)35-34/h1-2,4-10,12-19,28,35H,3,11,20H2. The highest BCUT2D eigenvalue weighted by molar-refractivity contribution is 6.25. The number of rotatable bonds is 1. The lowest BCUT2D eigenvalue weighted by molar-refractivity contribution is 0.731. The van der Waals surface area contributed by atoms with Crippen LogP contribution >= 0.6 is 0 Å². The molecule has 2 aliphatic rings. The molecule has 1 unspecified atom stereocenters. The van der Waals surface area contributed by atoms with Gasteiger partial charge in [-0.3, -0.25) is 0 Å². The van der Waals surface area contributed by atoms with Gasteiger partial charge in [-0.2, -0.15) is 0 Å². The third kappa shape index (κ3) is 2.64. The smallest absolute Gasteiger partial charge is 0.0548 e. The highest BCUT2D eigenvalue weighted by Crippen LogP contribution is 2.53. The van der Waals surface area contributed by atoms with Gasteiger partial charge in [0.1, 0.15) is 0 Å². The predicted molar refractivity (Wildman–Crippen MR) is 149 cm³/mol. The van der Waals surface area contributed by atoms with Gasteiger partial charge in [-0.15, -0.1) is 0 Å². The second-order valence-corrected chi connectivity index (χ2v) is 10.0. The van der Waals surface area contributed by atoms with Crippen LogP contribution < -0.4 is 0 Å². The van der Waals surface area contributed by atoms with Crippen molar-refractivity contribution in [3.8, 4) is 11.1 Å². The normalized spacial score (nSPS) is 17.1. The van der Waals surface area contributed by atoms with E-state index in [1.54, 1.807) is 5.57 Å². The molecule has 0 fully saturated rings. The number of hydrogen-bond donors (Lipinski definition) is 1. The summed E-state index contributed by atoms with van der Waals surface area (Å²) in [6.45, 7) is 0. The number of hydrogen-bond acceptors (Lipinski definition) is 0. The van der Waals surface area contributed by atoms with Gasteiger partial charge in [0, 0.05) is 27.6 Å². The second kappa shape index (κ2) is 7.20. The molecule has 166 valence electrons. The van der Waals surface area contributed by atoms with E-state index >= 15 is 0 Å². The van der Waals surface area contributed by atoms with Gasteiger partial charge in [-0.05, 0) is 63.7 Å². The van der Waals surface area contributed by atoms with Gasteiger partial charge in [-0.1, -0.05) is 103 Å². The van der Waals surface area contributed by atoms with E-state index in [0.29, 0.717) is 5.92 Å². The summed E-state index contributed by atoms with van der Waals surface area (Å²) in [6, 6.07) is 31.5. The van der Waals surface area contributed by atoms with Crippen LogP contribution in [0.1, 0.15) is 29.9 Å². The molecule has 1 atom stereocenters. The lowest BCUT2D eigenvalue weighted by Gasteiger charge is -2.33. The van der Waals surface area contributed by atoms with Crippen LogP contribution in [0.3, 0.4) is 0 Å². The van der Waals surface area contributed by atoms with E-state index in [9.17, 15) is 0 Å². The molecule has 0 radical (unpaired) electrons. The van der Waals surface area contributed by atoms with Crippen LogP contribution in [-0.2, 0) is 6.42 Å². The van der Waals surface area contributed by atoms with Crippen LogP contribution in [0.4, 0.5) is 0 Å². The Morgan fingerprint density at radius 1 is 0.686 bits per heavy atom. The topological polar surface area (TPSA) is 15.8 Å². The molecular formula is C34H25N. The Balaban J connectivity index is 1.64. The molecule has 0 spiro atoms.